The lowest BCUT2D eigenvalue weighted by Gasteiger charge is -2.04. The zero-order valence-corrected chi connectivity index (χ0v) is 14.5. The minimum absolute atomic E-state index is 0.256. The summed E-state index contributed by atoms with van der Waals surface area (Å²) in [5.41, 5.74) is 3.45. The minimum atomic E-state index is -0.954. The van der Waals surface area contributed by atoms with Crippen molar-refractivity contribution in [2.24, 2.45) is 0 Å². The van der Waals surface area contributed by atoms with E-state index in [1.807, 2.05) is 48.6 Å². The Labute approximate surface area is 147 Å². The van der Waals surface area contributed by atoms with Gasteiger partial charge >= 0.3 is 5.97 Å². The second kappa shape index (κ2) is 5.82. The number of aromatic carboxylic acids is 1. The van der Waals surface area contributed by atoms with Crippen LogP contribution in [-0.4, -0.2) is 25.4 Å². The number of imidazole rings is 1. The lowest BCUT2D eigenvalue weighted by molar-refractivity contribution is 0.0699. The van der Waals surface area contributed by atoms with Crippen molar-refractivity contribution in [3.8, 4) is 0 Å². The molecule has 0 unspecified atom stereocenters. The maximum Gasteiger partial charge on any atom is 0.336 e. The molecule has 0 fully saturated rings. The Hall–Kier alpha value is -2.99. The van der Waals surface area contributed by atoms with E-state index in [1.165, 1.54) is 4.88 Å². The standard InChI is InChI=1S/C19H15N3O2S/c1-11-10-22-17(12(2)20-19(22)25-11)8-7-13-9-15(18(23)24)14-5-3-4-6-16(14)21-13/h3-10H,1-2H3,(H,23,24)/b8-7+. The first kappa shape index (κ1) is 15.5. The van der Waals surface area contributed by atoms with Gasteiger partial charge < -0.3 is 5.11 Å². The Morgan fingerprint density at radius 2 is 2.00 bits per heavy atom. The number of thiazole rings is 1. The van der Waals surface area contributed by atoms with Crippen LogP contribution < -0.4 is 0 Å². The third-order valence-electron chi connectivity index (χ3n) is 4.04. The molecule has 0 aliphatic rings. The summed E-state index contributed by atoms with van der Waals surface area (Å²) in [6, 6.07) is 8.87. The molecule has 0 radical (unpaired) electrons. The van der Waals surface area contributed by atoms with Crippen LogP contribution in [0, 0.1) is 13.8 Å². The lowest BCUT2D eigenvalue weighted by Crippen LogP contribution is -2.00. The van der Waals surface area contributed by atoms with E-state index in [-0.39, 0.29) is 5.56 Å². The SMILES string of the molecule is Cc1cn2c(/C=C/c3cc(C(=O)O)c4ccccc4n3)c(C)nc2s1. The first-order chi connectivity index (χ1) is 12.0. The molecule has 25 heavy (non-hydrogen) atoms. The molecule has 124 valence electrons. The highest BCUT2D eigenvalue weighted by Crippen LogP contribution is 2.23. The minimum Gasteiger partial charge on any atom is -0.478 e. The number of carbonyl (C=O) groups is 1. The maximum atomic E-state index is 11.6. The van der Waals surface area contributed by atoms with Crippen molar-refractivity contribution < 1.29 is 9.90 Å². The van der Waals surface area contributed by atoms with Gasteiger partial charge in [-0.05, 0) is 38.1 Å². The van der Waals surface area contributed by atoms with Crippen molar-refractivity contribution in [2.75, 3.05) is 0 Å². The summed E-state index contributed by atoms with van der Waals surface area (Å²) in [6.07, 6.45) is 5.82. The van der Waals surface area contributed by atoms with Gasteiger partial charge in [0, 0.05) is 16.5 Å². The second-order valence-electron chi connectivity index (χ2n) is 5.83. The van der Waals surface area contributed by atoms with Gasteiger partial charge in [0.05, 0.1) is 28.2 Å². The Bertz CT molecular complexity index is 1150. The number of benzene rings is 1. The molecule has 1 aromatic carbocycles. The fourth-order valence-corrected chi connectivity index (χ4v) is 3.78. The van der Waals surface area contributed by atoms with Crippen LogP contribution >= 0.6 is 11.3 Å². The van der Waals surface area contributed by atoms with E-state index < -0.39 is 5.97 Å². The largest absolute Gasteiger partial charge is 0.478 e. The Balaban J connectivity index is 1.83. The van der Waals surface area contributed by atoms with Crippen molar-refractivity contribution in [3.63, 3.8) is 0 Å². The number of rotatable bonds is 3. The smallest absolute Gasteiger partial charge is 0.336 e. The molecule has 0 saturated heterocycles. The van der Waals surface area contributed by atoms with Crippen molar-refractivity contribution in [3.05, 3.63) is 64.1 Å². The van der Waals surface area contributed by atoms with Gasteiger partial charge in [-0.15, -0.1) is 11.3 Å². The summed E-state index contributed by atoms with van der Waals surface area (Å²) < 4.78 is 2.05. The molecule has 0 amide bonds. The van der Waals surface area contributed by atoms with Crippen LogP contribution in [0.15, 0.2) is 36.5 Å². The zero-order valence-electron chi connectivity index (χ0n) is 13.7. The Morgan fingerprint density at radius 3 is 2.80 bits per heavy atom. The van der Waals surface area contributed by atoms with Gasteiger partial charge in [-0.3, -0.25) is 4.40 Å². The maximum absolute atomic E-state index is 11.6. The highest BCUT2D eigenvalue weighted by atomic mass is 32.1. The van der Waals surface area contributed by atoms with E-state index in [2.05, 4.69) is 16.2 Å². The third-order valence-corrected chi connectivity index (χ3v) is 4.94. The van der Waals surface area contributed by atoms with E-state index >= 15 is 0 Å². The van der Waals surface area contributed by atoms with Gasteiger partial charge in [0.25, 0.3) is 0 Å². The first-order valence-corrected chi connectivity index (χ1v) is 8.61. The van der Waals surface area contributed by atoms with Crippen LogP contribution in [0.25, 0.3) is 28.0 Å². The quantitative estimate of drug-likeness (QED) is 0.594. The molecule has 3 heterocycles. The number of para-hydroxylation sites is 1. The number of hydrogen-bond acceptors (Lipinski definition) is 4. The molecular weight excluding hydrogens is 334 g/mol. The summed E-state index contributed by atoms with van der Waals surface area (Å²) >= 11 is 1.64. The average Bonchev–Trinajstić information content (AvgIpc) is 3.07. The van der Waals surface area contributed by atoms with Crippen LogP contribution in [0.3, 0.4) is 0 Å². The summed E-state index contributed by atoms with van der Waals surface area (Å²) in [5, 5.41) is 10.1. The summed E-state index contributed by atoms with van der Waals surface area (Å²) in [6.45, 7) is 4.01. The average molecular weight is 349 g/mol. The number of carboxylic acid groups (broad SMARTS) is 1. The van der Waals surface area contributed by atoms with E-state index in [4.69, 9.17) is 0 Å². The molecule has 0 atom stereocenters. The molecule has 0 aliphatic heterocycles. The van der Waals surface area contributed by atoms with Gasteiger partial charge in [0.15, 0.2) is 4.96 Å². The van der Waals surface area contributed by atoms with E-state index in [0.29, 0.717) is 16.6 Å². The molecule has 3 aromatic heterocycles. The predicted octanol–water partition coefficient (Wildman–Crippen LogP) is 4.43. The monoisotopic (exact) mass is 349 g/mol. The fraction of sp³-hybridized carbons (Fsp3) is 0.105. The van der Waals surface area contributed by atoms with Crippen molar-refractivity contribution in [1.82, 2.24) is 14.4 Å². The Kier molecular flexibility index (Phi) is 3.62. The molecule has 4 rings (SSSR count). The van der Waals surface area contributed by atoms with Crippen molar-refractivity contribution in [2.45, 2.75) is 13.8 Å². The zero-order chi connectivity index (χ0) is 17.6. The normalized spacial score (nSPS) is 11.8. The number of pyridine rings is 1. The van der Waals surface area contributed by atoms with Crippen LogP contribution in [0.4, 0.5) is 0 Å². The molecule has 0 aliphatic carbocycles. The van der Waals surface area contributed by atoms with Gasteiger partial charge in [-0.1, -0.05) is 18.2 Å². The molecule has 0 bridgehead atoms. The van der Waals surface area contributed by atoms with E-state index in [9.17, 15) is 9.90 Å². The Morgan fingerprint density at radius 1 is 1.20 bits per heavy atom. The summed E-state index contributed by atoms with van der Waals surface area (Å²) in [7, 11) is 0. The first-order valence-electron chi connectivity index (χ1n) is 7.79. The molecule has 4 aromatic rings. The number of hydrogen-bond donors (Lipinski definition) is 1. The summed E-state index contributed by atoms with van der Waals surface area (Å²) in [5.74, 6) is -0.954. The van der Waals surface area contributed by atoms with Crippen LogP contribution in [-0.2, 0) is 0 Å². The number of carboxylic acids is 1. The molecule has 0 saturated carbocycles. The topological polar surface area (TPSA) is 67.5 Å². The van der Waals surface area contributed by atoms with Gasteiger partial charge in [-0.25, -0.2) is 14.8 Å². The number of fused-ring (bicyclic) bond motifs is 2. The van der Waals surface area contributed by atoms with E-state index in [0.717, 1.165) is 16.3 Å². The third kappa shape index (κ3) is 2.70. The number of aromatic nitrogens is 3. The second-order valence-corrected chi connectivity index (χ2v) is 7.04. The molecule has 6 heteroatoms. The van der Waals surface area contributed by atoms with Gasteiger partial charge in [0.2, 0.25) is 0 Å². The predicted molar refractivity (Wildman–Crippen MR) is 100 cm³/mol. The van der Waals surface area contributed by atoms with Crippen LogP contribution in [0.5, 0.6) is 0 Å². The molecule has 0 spiro atoms. The summed E-state index contributed by atoms with van der Waals surface area (Å²) in [4.78, 5) is 22.8. The number of nitrogens with zero attached hydrogens (tertiary/aromatic N) is 3. The highest BCUT2D eigenvalue weighted by Gasteiger charge is 2.11. The number of aryl methyl sites for hydroxylation is 2. The molecule has 1 N–H and O–H groups in total. The van der Waals surface area contributed by atoms with Gasteiger partial charge in [0.1, 0.15) is 0 Å². The van der Waals surface area contributed by atoms with E-state index in [1.54, 1.807) is 23.5 Å². The van der Waals surface area contributed by atoms with Crippen molar-refractivity contribution >= 4 is 45.3 Å². The van der Waals surface area contributed by atoms with Crippen LogP contribution in [0.2, 0.25) is 0 Å². The van der Waals surface area contributed by atoms with Gasteiger partial charge in [-0.2, -0.15) is 0 Å². The van der Waals surface area contributed by atoms with Crippen LogP contribution in [0.1, 0.15) is 32.3 Å². The fourth-order valence-electron chi connectivity index (χ4n) is 2.90. The molecule has 5 nitrogen and oxygen atoms in total. The van der Waals surface area contributed by atoms with Crippen molar-refractivity contribution in [1.29, 1.82) is 0 Å². The highest BCUT2D eigenvalue weighted by molar-refractivity contribution is 7.17. The molecular formula is C19H15N3O2S. The lowest BCUT2D eigenvalue weighted by atomic mass is 10.1.